The Balaban J connectivity index is 5.22. The summed E-state index contributed by atoms with van der Waals surface area (Å²) in [6.07, 6.45) is 44.6. The molecule has 0 aromatic heterocycles. The van der Waals surface area contributed by atoms with E-state index >= 15 is 0 Å². The number of carbonyl (C=O) groups is 4. The number of hydrogen-bond donors (Lipinski definition) is 3. The van der Waals surface area contributed by atoms with Gasteiger partial charge in [0, 0.05) is 25.7 Å². The fourth-order valence-electron chi connectivity index (χ4n) is 10.8. The summed E-state index contributed by atoms with van der Waals surface area (Å²) in [7, 11) is -9.90. The lowest BCUT2D eigenvalue weighted by Gasteiger charge is -2.21. The van der Waals surface area contributed by atoms with Gasteiger partial charge >= 0.3 is 39.5 Å². The Morgan fingerprint density at radius 1 is 0.275 bits per heavy atom. The summed E-state index contributed by atoms with van der Waals surface area (Å²) in [5.74, 6) is 0.837. The summed E-state index contributed by atoms with van der Waals surface area (Å²) in [5.41, 5.74) is 0. The van der Waals surface area contributed by atoms with E-state index in [0.717, 1.165) is 114 Å². The Kier molecular flexibility index (Phi) is 60.3. The number of carbonyl (C=O) groups excluding carboxylic acids is 4. The van der Waals surface area contributed by atoms with Gasteiger partial charge in [0.2, 0.25) is 0 Å². The molecule has 91 heavy (non-hydrogen) atoms. The first-order valence-electron chi connectivity index (χ1n) is 37.2. The van der Waals surface area contributed by atoms with E-state index in [0.29, 0.717) is 31.6 Å². The zero-order chi connectivity index (χ0) is 67.5. The molecule has 0 aliphatic heterocycles. The fourth-order valence-corrected chi connectivity index (χ4v) is 12.4. The van der Waals surface area contributed by atoms with E-state index in [9.17, 15) is 43.2 Å². The zero-order valence-corrected chi connectivity index (χ0v) is 61.3. The molecule has 0 amide bonds. The molecule has 2 unspecified atom stereocenters. The van der Waals surface area contributed by atoms with Crippen molar-refractivity contribution in [3.05, 3.63) is 0 Å². The van der Waals surface area contributed by atoms with E-state index in [2.05, 4.69) is 55.4 Å². The van der Waals surface area contributed by atoms with E-state index in [4.69, 9.17) is 37.0 Å². The summed E-state index contributed by atoms with van der Waals surface area (Å²) in [6.45, 7) is 14.1. The molecule has 0 aliphatic carbocycles. The van der Waals surface area contributed by atoms with E-state index in [1.54, 1.807) is 0 Å². The van der Waals surface area contributed by atoms with Gasteiger partial charge in [-0.05, 0) is 49.4 Å². The SMILES string of the molecule is CC(C)CCCCCCCCCCCCCCCC(=O)O[C@H](COC(=O)CCCCCCCCC(C)C)COP(=O)(O)OC[C@H](O)COP(=O)(O)OC[C@@H](COC(=O)CCCCCCCCCCCCCCC(C)C)OC(=O)CCCCCCCCCCC(C)C. The lowest BCUT2D eigenvalue weighted by atomic mass is 10.0. The molecule has 19 heteroatoms. The van der Waals surface area contributed by atoms with Gasteiger partial charge in [0.15, 0.2) is 12.2 Å². The number of ether oxygens (including phenoxy) is 4. The normalized spacial score (nSPS) is 14.2. The van der Waals surface area contributed by atoms with Gasteiger partial charge in [-0.1, -0.05) is 306 Å². The predicted molar refractivity (Wildman–Crippen MR) is 367 cm³/mol. The first-order chi connectivity index (χ1) is 43.6. The second kappa shape index (κ2) is 61.6. The van der Waals surface area contributed by atoms with Crippen LogP contribution >= 0.6 is 15.6 Å². The van der Waals surface area contributed by atoms with Crippen LogP contribution in [0.5, 0.6) is 0 Å². The second-order valence-corrected chi connectivity index (χ2v) is 30.8. The van der Waals surface area contributed by atoms with Crippen LogP contribution in [0.25, 0.3) is 0 Å². The molecule has 0 radical (unpaired) electrons. The molecule has 3 N–H and O–H groups in total. The minimum absolute atomic E-state index is 0.104. The molecule has 0 fully saturated rings. The number of esters is 4. The van der Waals surface area contributed by atoms with Crippen molar-refractivity contribution in [2.75, 3.05) is 39.6 Å². The number of phosphoric ester groups is 2. The molecule has 0 aromatic rings. The Labute approximate surface area is 556 Å². The minimum Gasteiger partial charge on any atom is -0.462 e. The van der Waals surface area contributed by atoms with Crippen molar-refractivity contribution in [3.8, 4) is 0 Å². The zero-order valence-electron chi connectivity index (χ0n) is 59.5. The first kappa shape index (κ1) is 89.1. The van der Waals surface area contributed by atoms with Crippen LogP contribution in [0.1, 0.15) is 357 Å². The molecule has 5 atom stereocenters. The van der Waals surface area contributed by atoms with Crippen molar-refractivity contribution in [1.29, 1.82) is 0 Å². The van der Waals surface area contributed by atoms with Crippen LogP contribution in [0.2, 0.25) is 0 Å². The molecule has 0 saturated heterocycles. The maximum absolute atomic E-state index is 13.0. The summed E-state index contributed by atoms with van der Waals surface area (Å²) < 4.78 is 68.3. The summed E-state index contributed by atoms with van der Waals surface area (Å²) in [4.78, 5) is 72.6. The van der Waals surface area contributed by atoms with E-state index in [-0.39, 0.29) is 25.7 Å². The third-order valence-electron chi connectivity index (χ3n) is 16.6. The molecule has 0 heterocycles. The number of unbranched alkanes of at least 4 members (excludes halogenated alkanes) is 35. The standard InChI is InChI=1S/C72H140O17P2/c1-62(2)48-40-32-24-18-14-10-9-11-17-21-28-38-46-54-71(76)88-68(59-83-70(75)53-45-37-31-30-35-43-51-65(7)8)61-87-91(80,81)85-57-66(73)56-84-90(78,79)86-60-67(89-72(77)55-47-39-29-23-22-26-34-42-50-64(5)6)58-82-69(74)52-44-36-27-20-16-13-12-15-19-25-33-41-49-63(3)4/h62-68,73H,9-61H2,1-8H3,(H,78,79)(H,80,81)/t66-,67-,68-/m1/s1. The van der Waals surface area contributed by atoms with Crippen LogP contribution in [0.15, 0.2) is 0 Å². The molecule has 0 rings (SSSR count). The predicted octanol–water partition coefficient (Wildman–Crippen LogP) is 20.5. The van der Waals surface area contributed by atoms with Crippen LogP contribution in [0.3, 0.4) is 0 Å². The van der Waals surface area contributed by atoms with Gasteiger partial charge in [-0.3, -0.25) is 37.3 Å². The highest BCUT2D eigenvalue weighted by atomic mass is 31.2. The highest BCUT2D eigenvalue weighted by molar-refractivity contribution is 7.47. The van der Waals surface area contributed by atoms with Crippen LogP contribution < -0.4 is 0 Å². The molecule has 0 saturated carbocycles. The van der Waals surface area contributed by atoms with Crippen LogP contribution in [-0.2, 0) is 65.4 Å². The van der Waals surface area contributed by atoms with Crippen molar-refractivity contribution < 1.29 is 80.2 Å². The molecule has 0 spiro atoms. The van der Waals surface area contributed by atoms with Crippen LogP contribution in [0, 0.1) is 23.7 Å². The van der Waals surface area contributed by atoms with Gasteiger partial charge in [0.1, 0.15) is 19.3 Å². The van der Waals surface area contributed by atoms with Crippen molar-refractivity contribution in [2.24, 2.45) is 23.7 Å². The Morgan fingerprint density at radius 2 is 0.462 bits per heavy atom. The second-order valence-electron chi connectivity index (χ2n) is 27.9. The average Bonchev–Trinajstić information content (AvgIpc) is 1.96. The molecular formula is C72H140O17P2. The van der Waals surface area contributed by atoms with Crippen LogP contribution in [0.4, 0.5) is 0 Å². The summed E-state index contributed by atoms with van der Waals surface area (Å²) in [5, 5.41) is 10.6. The Bertz CT molecular complexity index is 1800. The van der Waals surface area contributed by atoms with E-state index in [1.807, 2.05) is 0 Å². The van der Waals surface area contributed by atoms with Gasteiger partial charge < -0.3 is 33.8 Å². The molecule has 540 valence electrons. The van der Waals surface area contributed by atoms with Crippen molar-refractivity contribution >= 4 is 39.5 Å². The quantitative estimate of drug-likeness (QED) is 0.0222. The van der Waals surface area contributed by atoms with Gasteiger partial charge in [-0.15, -0.1) is 0 Å². The van der Waals surface area contributed by atoms with Gasteiger partial charge in [0.25, 0.3) is 0 Å². The smallest absolute Gasteiger partial charge is 0.462 e. The molecule has 0 aliphatic rings. The fraction of sp³-hybridized carbons (Fsp3) is 0.944. The van der Waals surface area contributed by atoms with E-state index < -0.39 is 97.5 Å². The third kappa shape index (κ3) is 66.5. The topological polar surface area (TPSA) is 237 Å². The molecular weight excluding hydrogens is 1200 g/mol. The number of hydrogen-bond acceptors (Lipinski definition) is 15. The molecule has 0 aromatic carbocycles. The maximum Gasteiger partial charge on any atom is 0.472 e. The third-order valence-corrected chi connectivity index (χ3v) is 18.5. The van der Waals surface area contributed by atoms with Gasteiger partial charge in [-0.2, -0.15) is 0 Å². The van der Waals surface area contributed by atoms with Crippen LogP contribution in [-0.4, -0.2) is 96.7 Å². The van der Waals surface area contributed by atoms with Gasteiger partial charge in [0.05, 0.1) is 26.4 Å². The maximum atomic E-state index is 13.0. The molecule has 17 nitrogen and oxygen atoms in total. The first-order valence-corrected chi connectivity index (χ1v) is 40.2. The largest absolute Gasteiger partial charge is 0.472 e. The Hall–Kier alpha value is -1.94. The minimum atomic E-state index is -4.95. The van der Waals surface area contributed by atoms with Crippen molar-refractivity contribution in [2.45, 2.75) is 375 Å². The number of aliphatic hydroxyl groups is 1. The van der Waals surface area contributed by atoms with Crippen molar-refractivity contribution in [3.63, 3.8) is 0 Å². The number of rotatable bonds is 69. The summed E-state index contributed by atoms with van der Waals surface area (Å²) in [6, 6.07) is 0. The highest BCUT2D eigenvalue weighted by Gasteiger charge is 2.30. The number of aliphatic hydroxyl groups excluding tert-OH is 1. The van der Waals surface area contributed by atoms with Gasteiger partial charge in [-0.25, -0.2) is 9.13 Å². The van der Waals surface area contributed by atoms with Crippen molar-refractivity contribution in [1.82, 2.24) is 0 Å². The molecule has 0 bridgehead atoms. The summed E-state index contributed by atoms with van der Waals surface area (Å²) >= 11 is 0. The monoisotopic (exact) mass is 1340 g/mol. The lowest BCUT2D eigenvalue weighted by Crippen LogP contribution is -2.30. The number of phosphoric acid groups is 2. The highest BCUT2D eigenvalue weighted by Crippen LogP contribution is 2.45. The Morgan fingerprint density at radius 3 is 0.681 bits per heavy atom. The van der Waals surface area contributed by atoms with E-state index in [1.165, 1.54) is 154 Å². The lowest BCUT2D eigenvalue weighted by molar-refractivity contribution is -0.161. The average molecular weight is 1340 g/mol.